The van der Waals surface area contributed by atoms with E-state index in [1.807, 2.05) is 6.20 Å². The van der Waals surface area contributed by atoms with Gasteiger partial charge in [0, 0.05) is 26.2 Å². The average Bonchev–Trinajstić information content (AvgIpc) is 3.08. The number of aromatic nitrogens is 1. The molecule has 1 fully saturated rings. The fourth-order valence-electron chi connectivity index (χ4n) is 2.99. The summed E-state index contributed by atoms with van der Waals surface area (Å²) in [5.41, 5.74) is 1.03. The summed E-state index contributed by atoms with van der Waals surface area (Å²) in [5.74, 6) is -0.0898. The van der Waals surface area contributed by atoms with Crippen molar-refractivity contribution in [2.24, 2.45) is 5.92 Å². The number of aliphatic carboxylic acids is 1. The summed E-state index contributed by atoms with van der Waals surface area (Å²) in [7, 11) is 0. The SMILES string of the molecule is CCCCCN(CC(C)C(=O)O)c1ccc(N2CCCC2)nc1. The Morgan fingerprint density at radius 2 is 2.09 bits per heavy atom. The zero-order valence-corrected chi connectivity index (χ0v) is 14.4. The van der Waals surface area contributed by atoms with Crippen molar-refractivity contribution in [1.29, 1.82) is 0 Å². The van der Waals surface area contributed by atoms with Crippen LogP contribution in [-0.4, -0.2) is 42.2 Å². The van der Waals surface area contributed by atoms with Gasteiger partial charge in [0.1, 0.15) is 5.82 Å². The highest BCUT2D eigenvalue weighted by atomic mass is 16.4. The summed E-state index contributed by atoms with van der Waals surface area (Å²) in [6.45, 7) is 7.53. The van der Waals surface area contributed by atoms with Crippen LogP contribution in [0, 0.1) is 5.92 Å². The Hall–Kier alpha value is -1.78. The molecular weight excluding hydrogens is 290 g/mol. The van der Waals surface area contributed by atoms with E-state index in [4.69, 9.17) is 0 Å². The Morgan fingerprint density at radius 3 is 2.65 bits per heavy atom. The second-order valence-corrected chi connectivity index (χ2v) is 6.46. The lowest BCUT2D eigenvalue weighted by molar-refractivity contribution is -0.140. The molecule has 128 valence electrons. The number of hydrogen-bond donors (Lipinski definition) is 1. The molecule has 0 bridgehead atoms. The molecule has 1 aromatic heterocycles. The first kappa shape index (κ1) is 17.6. The number of anilines is 2. The van der Waals surface area contributed by atoms with Crippen LogP contribution >= 0.6 is 0 Å². The molecule has 0 radical (unpaired) electrons. The summed E-state index contributed by atoms with van der Waals surface area (Å²) in [4.78, 5) is 20.2. The summed E-state index contributed by atoms with van der Waals surface area (Å²) in [6, 6.07) is 4.15. The number of nitrogens with zero attached hydrogens (tertiary/aromatic N) is 3. The standard InChI is InChI=1S/C18H29N3O2/c1-3-4-5-12-21(14-15(2)18(22)23)16-8-9-17(19-13-16)20-10-6-7-11-20/h8-9,13,15H,3-7,10-12,14H2,1-2H3,(H,22,23). The van der Waals surface area contributed by atoms with Crippen molar-refractivity contribution in [3.05, 3.63) is 18.3 Å². The van der Waals surface area contributed by atoms with E-state index in [1.54, 1.807) is 6.92 Å². The molecule has 2 heterocycles. The zero-order valence-electron chi connectivity index (χ0n) is 14.4. The summed E-state index contributed by atoms with van der Waals surface area (Å²) < 4.78 is 0. The van der Waals surface area contributed by atoms with Gasteiger partial charge in [0.25, 0.3) is 0 Å². The maximum atomic E-state index is 11.2. The Bertz CT molecular complexity index is 484. The van der Waals surface area contributed by atoms with Crippen LogP contribution in [0.15, 0.2) is 18.3 Å². The van der Waals surface area contributed by atoms with Gasteiger partial charge in [0.05, 0.1) is 17.8 Å². The molecule has 1 N–H and O–H groups in total. The molecule has 23 heavy (non-hydrogen) atoms. The minimum atomic E-state index is -0.743. The molecule has 5 nitrogen and oxygen atoms in total. The van der Waals surface area contributed by atoms with Crippen LogP contribution in [0.25, 0.3) is 0 Å². The molecule has 0 aromatic carbocycles. The first-order chi connectivity index (χ1) is 11.1. The third-order valence-electron chi connectivity index (χ3n) is 4.47. The normalized spacial score (nSPS) is 15.7. The van der Waals surface area contributed by atoms with Crippen molar-refractivity contribution in [3.63, 3.8) is 0 Å². The molecule has 1 aliphatic rings. The van der Waals surface area contributed by atoms with Gasteiger partial charge < -0.3 is 14.9 Å². The van der Waals surface area contributed by atoms with Gasteiger partial charge >= 0.3 is 5.97 Å². The zero-order chi connectivity index (χ0) is 16.7. The topological polar surface area (TPSA) is 56.7 Å². The largest absolute Gasteiger partial charge is 0.481 e. The first-order valence-corrected chi connectivity index (χ1v) is 8.80. The molecule has 5 heteroatoms. The predicted octanol–water partition coefficient (Wildman–Crippen LogP) is 3.40. The fourth-order valence-corrected chi connectivity index (χ4v) is 2.99. The summed E-state index contributed by atoms with van der Waals surface area (Å²) >= 11 is 0. The van der Waals surface area contributed by atoms with E-state index < -0.39 is 5.97 Å². The maximum Gasteiger partial charge on any atom is 0.308 e. The first-order valence-electron chi connectivity index (χ1n) is 8.80. The van der Waals surface area contributed by atoms with Crippen LogP contribution in [0.5, 0.6) is 0 Å². The molecule has 1 unspecified atom stereocenters. The predicted molar refractivity (Wildman–Crippen MR) is 94.2 cm³/mol. The van der Waals surface area contributed by atoms with Crippen LogP contribution in [0.3, 0.4) is 0 Å². The third-order valence-corrected chi connectivity index (χ3v) is 4.47. The molecule has 1 aliphatic heterocycles. The number of rotatable bonds is 9. The fraction of sp³-hybridized carbons (Fsp3) is 0.667. The lowest BCUT2D eigenvalue weighted by Gasteiger charge is -2.27. The van der Waals surface area contributed by atoms with Gasteiger partial charge in [0.2, 0.25) is 0 Å². The van der Waals surface area contributed by atoms with Gasteiger partial charge in [-0.2, -0.15) is 0 Å². The Labute approximate surface area is 139 Å². The van der Waals surface area contributed by atoms with Crippen molar-refractivity contribution >= 4 is 17.5 Å². The second kappa shape index (κ2) is 8.75. The number of hydrogen-bond acceptors (Lipinski definition) is 4. The van der Waals surface area contributed by atoms with Crippen molar-refractivity contribution in [1.82, 2.24) is 4.98 Å². The Kier molecular flexibility index (Phi) is 6.68. The van der Waals surface area contributed by atoms with E-state index in [0.717, 1.165) is 50.4 Å². The molecule has 0 amide bonds. The highest BCUT2D eigenvalue weighted by Gasteiger charge is 2.18. The molecule has 1 atom stereocenters. The maximum absolute atomic E-state index is 11.2. The van der Waals surface area contributed by atoms with E-state index in [-0.39, 0.29) is 5.92 Å². The molecule has 2 rings (SSSR count). The minimum Gasteiger partial charge on any atom is -0.481 e. The molecule has 1 saturated heterocycles. The van der Waals surface area contributed by atoms with Crippen molar-refractivity contribution < 1.29 is 9.90 Å². The highest BCUT2D eigenvalue weighted by Crippen LogP contribution is 2.22. The van der Waals surface area contributed by atoms with E-state index in [9.17, 15) is 9.90 Å². The van der Waals surface area contributed by atoms with E-state index in [2.05, 4.69) is 33.8 Å². The van der Waals surface area contributed by atoms with Gasteiger partial charge in [-0.3, -0.25) is 4.79 Å². The lowest BCUT2D eigenvalue weighted by Crippen LogP contribution is -2.33. The van der Waals surface area contributed by atoms with Gasteiger partial charge in [-0.1, -0.05) is 26.7 Å². The summed E-state index contributed by atoms with van der Waals surface area (Å²) in [6.07, 6.45) is 7.78. The minimum absolute atomic E-state index is 0.380. The van der Waals surface area contributed by atoms with E-state index in [0.29, 0.717) is 6.54 Å². The molecule has 0 spiro atoms. The Balaban J connectivity index is 2.04. The van der Waals surface area contributed by atoms with E-state index in [1.165, 1.54) is 12.8 Å². The quantitative estimate of drug-likeness (QED) is 0.707. The van der Waals surface area contributed by atoms with Crippen LogP contribution in [0.1, 0.15) is 46.0 Å². The molecule has 0 aliphatic carbocycles. The van der Waals surface area contributed by atoms with Gasteiger partial charge in [-0.15, -0.1) is 0 Å². The van der Waals surface area contributed by atoms with Crippen molar-refractivity contribution in [2.45, 2.75) is 46.0 Å². The van der Waals surface area contributed by atoms with Gasteiger partial charge in [-0.25, -0.2) is 4.98 Å². The highest BCUT2D eigenvalue weighted by molar-refractivity contribution is 5.70. The van der Waals surface area contributed by atoms with Crippen LogP contribution in [0.4, 0.5) is 11.5 Å². The number of carboxylic acids is 1. The number of unbranched alkanes of at least 4 members (excludes halogenated alkanes) is 2. The third kappa shape index (κ3) is 5.12. The number of pyridine rings is 1. The van der Waals surface area contributed by atoms with Crippen LogP contribution in [-0.2, 0) is 4.79 Å². The Morgan fingerprint density at radius 1 is 1.35 bits per heavy atom. The summed E-state index contributed by atoms with van der Waals surface area (Å²) in [5, 5.41) is 9.19. The number of carboxylic acid groups (broad SMARTS) is 1. The molecular formula is C18H29N3O2. The smallest absolute Gasteiger partial charge is 0.308 e. The van der Waals surface area contributed by atoms with Crippen molar-refractivity contribution in [3.8, 4) is 0 Å². The van der Waals surface area contributed by atoms with Gasteiger partial charge in [-0.05, 0) is 31.4 Å². The second-order valence-electron chi connectivity index (χ2n) is 6.46. The lowest BCUT2D eigenvalue weighted by atomic mass is 10.1. The average molecular weight is 319 g/mol. The van der Waals surface area contributed by atoms with Crippen LogP contribution in [0.2, 0.25) is 0 Å². The van der Waals surface area contributed by atoms with Crippen molar-refractivity contribution in [2.75, 3.05) is 36.0 Å². The molecule has 0 saturated carbocycles. The van der Waals surface area contributed by atoms with Gasteiger partial charge in [0.15, 0.2) is 0 Å². The monoisotopic (exact) mass is 319 g/mol. The van der Waals surface area contributed by atoms with E-state index >= 15 is 0 Å². The number of carbonyl (C=O) groups is 1. The van der Waals surface area contributed by atoms with Crippen LogP contribution < -0.4 is 9.80 Å². The molecule has 1 aromatic rings.